The van der Waals surface area contributed by atoms with Crippen molar-refractivity contribution in [2.45, 2.75) is 32.1 Å². The molecule has 2 rings (SSSR count). The third-order valence-electron chi connectivity index (χ3n) is 3.24. The molecule has 2 aliphatic carbocycles. The van der Waals surface area contributed by atoms with Crippen LogP contribution in [0.4, 0.5) is 0 Å². The van der Waals surface area contributed by atoms with Crippen molar-refractivity contribution in [3.63, 3.8) is 0 Å². The molecule has 0 amide bonds. The van der Waals surface area contributed by atoms with Gasteiger partial charge in [0.25, 0.3) is 0 Å². The molecule has 0 saturated heterocycles. The number of nitrogens with zero attached hydrogens (tertiary/aromatic N) is 1. The molecule has 0 aromatic rings. The number of hydrogen-bond acceptors (Lipinski definition) is 2. The fourth-order valence-electron chi connectivity index (χ4n) is 2.51. The Bertz CT molecular complexity index is 226. The predicted octanol–water partition coefficient (Wildman–Crippen LogP) is 1.66. The summed E-state index contributed by atoms with van der Waals surface area (Å²) < 4.78 is 0. The van der Waals surface area contributed by atoms with Crippen molar-refractivity contribution < 1.29 is 4.79 Å². The van der Waals surface area contributed by atoms with Crippen LogP contribution >= 0.6 is 0 Å². The summed E-state index contributed by atoms with van der Waals surface area (Å²) in [5, 5.41) is 8.71. The number of nitriles is 1. The Morgan fingerprint density at radius 3 is 2.27 bits per heavy atom. The van der Waals surface area contributed by atoms with E-state index in [0.29, 0.717) is 5.41 Å². The van der Waals surface area contributed by atoms with E-state index in [9.17, 15) is 4.79 Å². The number of aldehydes is 1. The molecular formula is C9H11NO. The number of carbonyl (C=O) groups excluding carboxylic acids is 1. The zero-order valence-electron chi connectivity index (χ0n) is 6.47. The highest BCUT2D eigenvalue weighted by Crippen LogP contribution is 2.63. The van der Waals surface area contributed by atoms with E-state index in [1.54, 1.807) is 0 Å². The van der Waals surface area contributed by atoms with Crippen LogP contribution in [0.3, 0.4) is 0 Å². The molecule has 0 atom stereocenters. The van der Waals surface area contributed by atoms with Crippen LogP contribution < -0.4 is 0 Å². The van der Waals surface area contributed by atoms with Crippen LogP contribution in [0.1, 0.15) is 32.1 Å². The van der Waals surface area contributed by atoms with Gasteiger partial charge in [0.05, 0.1) is 6.07 Å². The van der Waals surface area contributed by atoms with Crippen molar-refractivity contribution in [2.24, 2.45) is 10.8 Å². The minimum absolute atomic E-state index is 0.427. The molecule has 2 heteroatoms. The lowest BCUT2D eigenvalue weighted by Crippen LogP contribution is -2.50. The highest BCUT2D eigenvalue weighted by Gasteiger charge is 2.57. The fraction of sp³-hybridized carbons (Fsp3) is 0.778. The van der Waals surface area contributed by atoms with Crippen molar-refractivity contribution in [1.29, 1.82) is 5.26 Å². The second kappa shape index (κ2) is 1.85. The van der Waals surface area contributed by atoms with Gasteiger partial charge < -0.3 is 4.79 Å². The van der Waals surface area contributed by atoms with E-state index < -0.39 is 5.41 Å². The van der Waals surface area contributed by atoms with Crippen LogP contribution in [0.15, 0.2) is 0 Å². The van der Waals surface area contributed by atoms with Gasteiger partial charge in [-0.25, -0.2) is 0 Å². The summed E-state index contributed by atoms with van der Waals surface area (Å²) in [6.07, 6.45) is 6.28. The first-order valence-corrected chi connectivity index (χ1v) is 4.12. The first-order valence-electron chi connectivity index (χ1n) is 4.12. The molecule has 2 saturated carbocycles. The Morgan fingerprint density at radius 2 is 2.00 bits per heavy atom. The third kappa shape index (κ3) is 0.742. The molecule has 2 fully saturated rings. The second-order valence-electron chi connectivity index (χ2n) is 4.09. The summed E-state index contributed by atoms with van der Waals surface area (Å²) in [6.45, 7) is 0. The van der Waals surface area contributed by atoms with Gasteiger partial charge in [0.15, 0.2) is 0 Å². The maximum atomic E-state index is 10.5. The van der Waals surface area contributed by atoms with Gasteiger partial charge in [0.1, 0.15) is 11.7 Å². The summed E-state index contributed by atoms with van der Waals surface area (Å²) in [4.78, 5) is 10.5. The van der Waals surface area contributed by atoms with Gasteiger partial charge in [-0.2, -0.15) is 5.26 Å². The van der Waals surface area contributed by atoms with E-state index in [1.165, 1.54) is 19.3 Å². The first-order chi connectivity index (χ1) is 5.24. The summed E-state index contributed by atoms with van der Waals surface area (Å²) in [5.74, 6) is 0. The third-order valence-corrected chi connectivity index (χ3v) is 3.24. The normalized spacial score (nSPS) is 29.7. The van der Waals surface area contributed by atoms with Gasteiger partial charge in [0.2, 0.25) is 0 Å². The molecule has 1 spiro atoms. The average Bonchev–Trinajstić information content (AvgIpc) is 1.85. The van der Waals surface area contributed by atoms with E-state index in [-0.39, 0.29) is 0 Å². The fourth-order valence-corrected chi connectivity index (χ4v) is 2.51. The van der Waals surface area contributed by atoms with Gasteiger partial charge in [0, 0.05) is 0 Å². The number of rotatable bonds is 1. The van der Waals surface area contributed by atoms with E-state index >= 15 is 0 Å². The van der Waals surface area contributed by atoms with Gasteiger partial charge >= 0.3 is 0 Å². The van der Waals surface area contributed by atoms with Crippen LogP contribution in [0.5, 0.6) is 0 Å². The lowest BCUT2D eigenvalue weighted by Gasteiger charge is -2.56. The molecule has 2 nitrogen and oxygen atoms in total. The second-order valence-corrected chi connectivity index (χ2v) is 4.09. The lowest BCUT2D eigenvalue weighted by atomic mass is 9.46. The zero-order chi connectivity index (χ0) is 7.95. The molecule has 0 radical (unpaired) electrons. The molecule has 58 valence electrons. The highest BCUT2D eigenvalue weighted by atomic mass is 16.1. The summed E-state index contributed by atoms with van der Waals surface area (Å²) in [7, 11) is 0. The van der Waals surface area contributed by atoms with Crippen molar-refractivity contribution in [3.05, 3.63) is 0 Å². The Labute approximate surface area is 66.2 Å². The van der Waals surface area contributed by atoms with Crippen molar-refractivity contribution in [3.8, 4) is 6.07 Å². The van der Waals surface area contributed by atoms with Crippen molar-refractivity contribution in [2.75, 3.05) is 0 Å². The minimum atomic E-state index is -0.583. The Balaban J connectivity index is 2.05. The number of hydrogen-bond donors (Lipinski definition) is 0. The Kier molecular flexibility index (Phi) is 1.15. The molecule has 0 aromatic heterocycles. The molecule has 0 unspecified atom stereocenters. The summed E-state index contributed by atoms with van der Waals surface area (Å²) >= 11 is 0. The van der Waals surface area contributed by atoms with E-state index in [0.717, 1.165) is 19.1 Å². The quantitative estimate of drug-likeness (QED) is 0.532. The van der Waals surface area contributed by atoms with E-state index in [2.05, 4.69) is 6.07 Å². The van der Waals surface area contributed by atoms with Gasteiger partial charge in [-0.3, -0.25) is 0 Å². The van der Waals surface area contributed by atoms with E-state index in [1.807, 2.05) is 0 Å². The van der Waals surface area contributed by atoms with Gasteiger partial charge in [-0.1, -0.05) is 6.42 Å². The summed E-state index contributed by atoms with van der Waals surface area (Å²) in [5.41, 5.74) is -0.156. The van der Waals surface area contributed by atoms with Crippen LogP contribution in [0.25, 0.3) is 0 Å². The van der Waals surface area contributed by atoms with Crippen molar-refractivity contribution >= 4 is 6.29 Å². The topological polar surface area (TPSA) is 40.9 Å². The standard InChI is InChI=1S/C9H11NO/c10-6-9(7-11)4-8(5-9)2-1-3-8/h7H,1-5H2. The Morgan fingerprint density at radius 1 is 1.36 bits per heavy atom. The maximum absolute atomic E-state index is 10.5. The summed E-state index contributed by atoms with van der Waals surface area (Å²) in [6, 6.07) is 2.12. The largest absolute Gasteiger partial charge is 0.302 e. The molecule has 0 bridgehead atoms. The molecule has 0 aromatic carbocycles. The monoisotopic (exact) mass is 149 g/mol. The van der Waals surface area contributed by atoms with E-state index in [4.69, 9.17) is 5.26 Å². The van der Waals surface area contributed by atoms with Gasteiger partial charge in [-0.15, -0.1) is 0 Å². The van der Waals surface area contributed by atoms with Gasteiger partial charge in [-0.05, 0) is 31.1 Å². The minimum Gasteiger partial charge on any atom is -0.302 e. The maximum Gasteiger partial charge on any atom is 0.140 e. The highest BCUT2D eigenvalue weighted by molar-refractivity contribution is 5.66. The molecule has 2 aliphatic rings. The lowest BCUT2D eigenvalue weighted by molar-refractivity contribution is -0.130. The van der Waals surface area contributed by atoms with Crippen LogP contribution in [0.2, 0.25) is 0 Å². The Hall–Kier alpha value is -0.840. The smallest absolute Gasteiger partial charge is 0.140 e. The predicted molar refractivity (Wildman–Crippen MR) is 39.6 cm³/mol. The van der Waals surface area contributed by atoms with Crippen molar-refractivity contribution in [1.82, 2.24) is 0 Å². The molecular weight excluding hydrogens is 138 g/mol. The molecule has 11 heavy (non-hydrogen) atoms. The van der Waals surface area contributed by atoms with Crippen LogP contribution in [-0.4, -0.2) is 6.29 Å². The van der Waals surface area contributed by atoms with Crippen LogP contribution in [-0.2, 0) is 4.79 Å². The molecule has 0 aliphatic heterocycles. The average molecular weight is 149 g/mol. The number of carbonyl (C=O) groups is 1. The first kappa shape index (κ1) is 6.84. The molecule has 0 N–H and O–H groups in total. The van der Waals surface area contributed by atoms with Crippen LogP contribution in [0, 0.1) is 22.2 Å². The molecule has 0 heterocycles. The SMILES string of the molecule is N#CC1(C=O)CC2(CCC2)C1. The zero-order valence-corrected chi connectivity index (χ0v) is 6.47.